The summed E-state index contributed by atoms with van der Waals surface area (Å²) in [6.45, 7) is 3.71. The monoisotopic (exact) mass is 664 g/mol. The van der Waals surface area contributed by atoms with Gasteiger partial charge in [0.05, 0.1) is 12.2 Å². The van der Waals surface area contributed by atoms with E-state index in [0.717, 1.165) is 16.2 Å². The molecule has 0 aliphatic carbocycles. The number of aromatic nitrogens is 2. The first-order chi connectivity index (χ1) is 22.3. The highest BCUT2D eigenvalue weighted by molar-refractivity contribution is 5.96. The van der Waals surface area contributed by atoms with E-state index < -0.39 is 24.1 Å². The first-order valence-corrected chi connectivity index (χ1v) is 15.0. The number of hydrogen-bond donors (Lipinski definition) is 0. The molecule has 0 N–H and O–H groups in total. The van der Waals surface area contributed by atoms with Crippen molar-refractivity contribution in [1.29, 1.82) is 0 Å². The Kier molecular flexibility index (Phi) is 10.2. The van der Waals surface area contributed by atoms with Gasteiger partial charge in [-0.05, 0) is 27.4 Å². The molecule has 5 rings (SSSR count). The Morgan fingerprint density at radius 2 is 1.72 bits per heavy atom. The van der Waals surface area contributed by atoms with Crippen LogP contribution >= 0.6 is 0 Å². The van der Waals surface area contributed by atoms with Crippen LogP contribution in [0, 0.1) is 5.82 Å². The number of anilines is 2. The second-order valence-electron chi connectivity index (χ2n) is 11.5. The molecule has 2 aromatic carbocycles. The van der Waals surface area contributed by atoms with Crippen molar-refractivity contribution < 1.29 is 46.1 Å². The van der Waals surface area contributed by atoms with E-state index in [1.165, 1.54) is 7.11 Å². The van der Waals surface area contributed by atoms with Crippen molar-refractivity contribution >= 4 is 34.3 Å². The van der Waals surface area contributed by atoms with Gasteiger partial charge in [0.2, 0.25) is 0 Å². The lowest BCUT2D eigenvalue weighted by molar-refractivity contribution is -0.193. The summed E-state index contributed by atoms with van der Waals surface area (Å²) < 4.78 is 73.9. The lowest BCUT2D eigenvalue weighted by atomic mass is 10.0. The molecule has 0 radical (unpaired) electrons. The number of carbonyl (C=O) groups is 2. The molecule has 2 aliphatic rings. The Morgan fingerprint density at radius 3 is 2.38 bits per heavy atom. The molecular formula is C31H36F4N6O6. The topological polar surface area (TPSA) is 110 Å². The maximum absolute atomic E-state index is 15.3. The lowest BCUT2D eigenvalue weighted by Crippen LogP contribution is -2.50. The standard InChI is InChI=1S/C31H36F4N6O6/c1-19(16-38(2)3)46-29-36-23-17-41(24-15-25(45-18-44-4)26(32)21-8-6-5-7-20(21)24)10-9-22(23)27(37-29)39-11-13-40(14-12-39)30(43)47-28(42)31(33,34)35/h5-8,15,19H,9-14,16-18H2,1-4H3/t19-/m0/s1. The molecule has 1 amide bonds. The minimum Gasteiger partial charge on any atom is -0.464 e. The minimum absolute atomic E-state index is 0.00785. The Morgan fingerprint density at radius 1 is 1.02 bits per heavy atom. The van der Waals surface area contributed by atoms with Gasteiger partial charge in [0.25, 0.3) is 0 Å². The van der Waals surface area contributed by atoms with Crippen molar-refractivity contribution in [2.24, 2.45) is 0 Å². The molecule has 1 fully saturated rings. The van der Waals surface area contributed by atoms with E-state index >= 15 is 4.39 Å². The molecule has 16 heteroatoms. The Labute approximate surface area is 268 Å². The second kappa shape index (κ2) is 14.1. The molecule has 47 heavy (non-hydrogen) atoms. The smallest absolute Gasteiger partial charge is 0.464 e. The number of carbonyl (C=O) groups excluding carboxylic acids is 2. The van der Waals surface area contributed by atoms with Crippen LogP contribution in [-0.2, 0) is 27.2 Å². The van der Waals surface area contributed by atoms with Crippen molar-refractivity contribution in [1.82, 2.24) is 19.8 Å². The third kappa shape index (κ3) is 7.76. The number of halogens is 4. The summed E-state index contributed by atoms with van der Waals surface area (Å²) in [5, 5.41) is 1.11. The molecule has 12 nitrogen and oxygen atoms in total. The maximum Gasteiger partial charge on any atom is 0.491 e. The molecule has 3 heterocycles. The van der Waals surface area contributed by atoms with Gasteiger partial charge in [-0.1, -0.05) is 24.3 Å². The zero-order valence-electron chi connectivity index (χ0n) is 26.5. The number of amides is 1. The third-order valence-electron chi connectivity index (χ3n) is 7.80. The molecular weight excluding hydrogens is 628 g/mol. The van der Waals surface area contributed by atoms with E-state index in [1.54, 1.807) is 18.2 Å². The number of likely N-dealkylation sites (N-methyl/N-ethyl adjacent to an activating group) is 1. The van der Waals surface area contributed by atoms with Gasteiger partial charge in [-0.15, -0.1) is 0 Å². The van der Waals surface area contributed by atoms with Crippen LogP contribution in [-0.4, -0.2) is 111 Å². The Bertz CT molecular complexity index is 1620. The number of rotatable bonds is 9. The van der Waals surface area contributed by atoms with Crippen LogP contribution in [0.1, 0.15) is 18.2 Å². The van der Waals surface area contributed by atoms with Gasteiger partial charge in [-0.3, -0.25) is 0 Å². The predicted molar refractivity (Wildman–Crippen MR) is 163 cm³/mol. The van der Waals surface area contributed by atoms with E-state index in [2.05, 4.69) is 9.64 Å². The molecule has 0 saturated carbocycles. The van der Waals surface area contributed by atoms with Crippen molar-refractivity contribution in [3.8, 4) is 11.8 Å². The molecule has 2 aliphatic heterocycles. The van der Waals surface area contributed by atoms with Crippen molar-refractivity contribution in [2.75, 3.05) is 77.1 Å². The zero-order chi connectivity index (χ0) is 33.9. The molecule has 0 bridgehead atoms. The second-order valence-corrected chi connectivity index (χ2v) is 11.5. The first-order valence-electron chi connectivity index (χ1n) is 15.0. The van der Waals surface area contributed by atoms with Gasteiger partial charge >= 0.3 is 24.2 Å². The van der Waals surface area contributed by atoms with E-state index in [-0.39, 0.29) is 50.8 Å². The molecule has 254 valence electrons. The average Bonchev–Trinajstić information content (AvgIpc) is 3.03. The fraction of sp³-hybridized carbons (Fsp3) is 0.484. The van der Waals surface area contributed by atoms with Gasteiger partial charge in [0.1, 0.15) is 11.9 Å². The fourth-order valence-corrected chi connectivity index (χ4v) is 5.73. The van der Waals surface area contributed by atoms with E-state index in [4.69, 9.17) is 24.2 Å². The number of ether oxygens (including phenoxy) is 4. The van der Waals surface area contributed by atoms with Crippen LogP contribution in [0.3, 0.4) is 0 Å². The summed E-state index contributed by atoms with van der Waals surface area (Å²) in [4.78, 5) is 39.9. The number of hydrogen-bond acceptors (Lipinski definition) is 11. The number of alkyl halides is 3. The van der Waals surface area contributed by atoms with E-state index in [0.29, 0.717) is 48.3 Å². The van der Waals surface area contributed by atoms with Crippen LogP contribution in [0.25, 0.3) is 10.8 Å². The largest absolute Gasteiger partial charge is 0.491 e. The number of esters is 1. The normalized spacial score (nSPS) is 15.9. The highest BCUT2D eigenvalue weighted by Crippen LogP contribution is 2.38. The van der Waals surface area contributed by atoms with Crippen molar-refractivity contribution in [3.05, 3.63) is 47.4 Å². The SMILES string of the molecule is COCOc1cc(N2CCc3c(nc(O[C@@H](C)CN(C)C)nc3N3CCN(C(=O)OC(=O)C(F)(F)F)CC3)C2)c2ccccc2c1F. The summed E-state index contributed by atoms with van der Waals surface area (Å²) in [5.41, 5.74) is 2.31. The van der Waals surface area contributed by atoms with Gasteiger partial charge < -0.3 is 38.5 Å². The molecule has 1 atom stereocenters. The summed E-state index contributed by atoms with van der Waals surface area (Å²) in [6.07, 6.45) is -6.37. The molecule has 1 aromatic heterocycles. The van der Waals surface area contributed by atoms with Crippen LogP contribution in [0.15, 0.2) is 30.3 Å². The third-order valence-corrected chi connectivity index (χ3v) is 7.80. The van der Waals surface area contributed by atoms with Crippen molar-refractivity contribution in [2.45, 2.75) is 32.2 Å². The lowest BCUT2D eigenvalue weighted by Gasteiger charge is -2.38. The fourth-order valence-electron chi connectivity index (χ4n) is 5.73. The number of fused-ring (bicyclic) bond motifs is 2. The first kappa shape index (κ1) is 33.9. The quantitative estimate of drug-likeness (QED) is 0.143. The molecule has 3 aromatic rings. The predicted octanol–water partition coefficient (Wildman–Crippen LogP) is 3.99. The van der Waals surface area contributed by atoms with Gasteiger partial charge in [-0.25, -0.2) is 14.0 Å². The van der Waals surface area contributed by atoms with Crippen LogP contribution in [0.2, 0.25) is 0 Å². The van der Waals surface area contributed by atoms with Gasteiger partial charge in [0.15, 0.2) is 18.4 Å². The minimum atomic E-state index is -5.27. The van der Waals surface area contributed by atoms with Crippen LogP contribution in [0.5, 0.6) is 11.8 Å². The number of nitrogens with zero attached hydrogens (tertiary/aromatic N) is 6. The molecule has 1 saturated heterocycles. The molecule has 0 unspecified atom stereocenters. The summed E-state index contributed by atoms with van der Waals surface area (Å²) in [6, 6.07) is 8.94. The average molecular weight is 665 g/mol. The van der Waals surface area contributed by atoms with Crippen LogP contribution < -0.4 is 19.3 Å². The maximum atomic E-state index is 15.3. The van der Waals surface area contributed by atoms with E-state index in [1.807, 2.05) is 43.0 Å². The number of methoxy groups -OCH3 is 1. The zero-order valence-corrected chi connectivity index (χ0v) is 26.5. The summed E-state index contributed by atoms with van der Waals surface area (Å²) in [5.74, 6) is -2.39. The number of benzene rings is 2. The summed E-state index contributed by atoms with van der Waals surface area (Å²) in [7, 11) is 5.29. The highest BCUT2D eigenvalue weighted by atomic mass is 19.4. The van der Waals surface area contributed by atoms with E-state index in [9.17, 15) is 22.8 Å². The number of piperazine rings is 1. The van der Waals surface area contributed by atoms with Gasteiger partial charge in [-0.2, -0.15) is 23.1 Å². The van der Waals surface area contributed by atoms with Crippen molar-refractivity contribution in [3.63, 3.8) is 0 Å². The van der Waals surface area contributed by atoms with Gasteiger partial charge in [0, 0.05) is 74.5 Å². The highest BCUT2D eigenvalue weighted by Gasteiger charge is 2.43. The van der Waals surface area contributed by atoms with Crippen LogP contribution in [0.4, 0.5) is 33.9 Å². The summed E-state index contributed by atoms with van der Waals surface area (Å²) >= 11 is 0. The Balaban J connectivity index is 1.44. The molecule has 0 spiro atoms. The Hall–Kier alpha value is -4.44.